The number of carboxylic acids is 2. The number of ether oxygens (including phenoxy) is 1. The van der Waals surface area contributed by atoms with E-state index in [1.54, 1.807) is 0 Å². The van der Waals surface area contributed by atoms with Gasteiger partial charge in [-0.25, -0.2) is 4.57 Å². The molecular formula is C13H26NO10P. The lowest BCUT2D eigenvalue weighted by atomic mass is 10.2. The van der Waals surface area contributed by atoms with Gasteiger partial charge in [-0.05, 0) is 12.8 Å². The summed E-state index contributed by atoms with van der Waals surface area (Å²) in [5, 5.41) is 26.6. The minimum absolute atomic E-state index is 0.0912. The Labute approximate surface area is 145 Å². The SMILES string of the molecule is NC[C@H](CC(=O)O)OP(=O)(O)OC[C@H](O)COCCCCCC(=O)O. The second kappa shape index (κ2) is 13.2. The second-order valence-electron chi connectivity index (χ2n) is 5.26. The fourth-order valence-corrected chi connectivity index (χ4v) is 2.64. The summed E-state index contributed by atoms with van der Waals surface area (Å²) in [6, 6.07) is 0. The van der Waals surface area contributed by atoms with Gasteiger partial charge in [-0.15, -0.1) is 0 Å². The number of phosphoric ester groups is 1. The maximum absolute atomic E-state index is 11.6. The number of carbonyl (C=O) groups is 2. The molecule has 12 heteroatoms. The largest absolute Gasteiger partial charge is 0.481 e. The molecule has 0 amide bonds. The highest BCUT2D eigenvalue weighted by atomic mass is 31.2. The van der Waals surface area contributed by atoms with Crippen LogP contribution in [0.25, 0.3) is 0 Å². The van der Waals surface area contributed by atoms with Gasteiger partial charge in [0.15, 0.2) is 0 Å². The van der Waals surface area contributed by atoms with Crippen molar-refractivity contribution in [2.45, 2.75) is 44.3 Å². The summed E-state index contributed by atoms with van der Waals surface area (Å²) in [6.45, 7) is -0.670. The minimum Gasteiger partial charge on any atom is -0.481 e. The van der Waals surface area contributed by atoms with E-state index in [4.69, 9.17) is 20.7 Å². The number of unbranched alkanes of at least 4 members (excludes halogenated alkanes) is 2. The van der Waals surface area contributed by atoms with Crippen LogP contribution in [0.4, 0.5) is 0 Å². The highest BCUT2D eigenvalue weighted by Gasteiger charge is 2.28. The topological polar surface area (TPSA) is 186 Å². The number of aliphatic hydroxyl groups excluding tert-OH is 1. The van der Waals surface area contributed by atoms with Crippen LogP contribution in [0, 0.1) is 0 Å². The van der Waals surface area contributed by atoms with E-state index >= 15 is 0 Å². The second-order valence-corrected chi connectivity index (χ2v) is 6.66. The van der Waals surface area contributed by atoms with Crippen LogP contribution in [-0.2, 0) is 27.9 Å². The third-order valence-corrected chi connectivity index (χ3v) is 3.91. The summed E-state index contributed by atoms with van der Waals surface area (Å²) >= 11 is 0. The molecule has 0 aromatic carbocycles. The van der Waals surface area contributed by atoms with Crippen LogP contribution in [-0.4, -0.2) is 70.7 Å². The molecule has 0 aliphatic rings. The maximum Gasteiger partial charge on any atom is 0.472 e. The van der Waals surface area contributed by atoms with Crippen molar-refractivity contribution in [3.8, 4) is 0 Å². The van der Waals surface area contributed by atoms with Gasteiger partial charge in [-0.2, -0.15) is 0 Å². The van der Waals surface area contributed by atoms with E-state index in [1.165, 1.54) is 0 Å². The molecule has 0 aliphatic heterocycles. The van der Waals surface area contributed by atoms with Crippen molar-refractivity contribution in [1.82, 2.24) is 0 Å². The lowest BCUT2D eigenvalue weighted by Gasteiger charge is -2.19. The first-order valence-corrected chi connectivity index (χ1v) is 9.21. The molecule has 1 unspecified atom stereocenters. The average molecular weight is 387 g/mol. The van der Waals surface area contributed by atoms with Crippen LogP contribution in [0.3, 0.4) is 0 Å². The molecule has 0 heterocycles. The predicted octanol–water partition coefficient (Wildman–Crippen LogP) is -0.0555. The zero-order valence-corrected chi connectivity index (χ0v) is 14.7. The van der Waals surface area contributed by atoms with Gasteiger partial charge in [0.05, 0.1) is 25.7 Å². The molecular weight excluding hydrogens is 361 g/mol. The lowest BCUT2D eigenvalue weighted by Crippen LogP contribution is -2.27. The number of aliphatic carboxylic acids is 2. The van der Waals surface area contributed by atoms with Crippen molar-refractivity contribution in [1.29, 1.82) is 0 Å². The molecule has 148 valence electrons. The highest BCUT2D eigenvalue weighted by Crippen LogP contribution is 2.44. The van der Waals surface area contributed by atoms with Crippen LogP contribution in [0.15, 0.2) is 0 Å². The molecule has 6 N–H and O–H groups in total. The Bertz CT molecular complexity index is 447. The predicted molar refractivity (Wildman–Crippen MR) is 84.9 cm³/mol. The Kier molecular flexibility index (Phi) is 12.6. The molecule has 0 saturated heterocycles. The van der Waals surface area contributed by atoms with Crippen molar-refractivity contribution >= 4 is 19.8 Å². The molecule has 0 radical (unpaired) electrons. The van der Waals surface area contributed by atoms with Gasteiger partial charge in [-0.3, -0.25) is 18.6 Å². The zero-order valence-electron chi connectivity index (χ0n) is 13.8. The molecule has 0 spiro atoms. The minimum atomic E-state index is -4.55. The van der Waals surface area contributed by atoms with Gasteiger partial charge < -0.3 is 30.7 Å². The third-order valence-electron chi connectivity index (χ3n) is 2.87. The van der Waals surface area contributed by atoms with Crippen molar-refractivity contribution < 1.29 is 48.2 Å². The van der Waals surface area contributed by atoms with Crippen molar-refractivity contribution in [3.05, 3.63) is 0 Å². The molecule has 0 fully saturated rings. The van der Waals surface area contributed by atoms with Gasteiger partial charge in [-0.1, -0.05) is 6.42 Å². The molecule has 0 aromatic heterocycles. The Morgan fingerprint density at radius 2 is 1.76 bits per heavy atom. The molecule has 0 bridgehead atoms. The molecule has 3 atom stereocenters. The maximum atomic E-state index is 11.6. The summed E-state index contributed by atoms with van der Waals surface area (Å²) in [6.07, 6.45) is -1.01. The van der Waals surface area contributed by atoms with E-state index in [1.807, 2.05) is 0 Å². The summed E-state index contributed by atoms with van der Waals surface area (Å²) < 4.78 is 26.0. The van der Waals surface area contributed by atoms with Crippen molar-refractivity contribution in [3.63, 3.8) is 0 Å². The summed E-state index contributed by atoms with van der Waals surface area (Å²) in [5.41, 5.74) is 5.24. The number of nitrogens with two attached hydrogens (primary N) is 1. The quantitative estimate of drug-likeness (QED) is 0.176. The van der Waals surface area contributed by atoms with E-state index < -0.39 is 45.0 Å². The number of aliphatic hydroxyl groups is 1. The van der Waals surface area contributed by atoms with E-state index in [9.17, 15) is 24.2 Å². The molecule has 25 heavy (non-hydrogen) atoms. The normalized spacial score (nSPS) is 16.1. The fourth-order valence-electron chi connectivity index (χ4n) is 1.68. The van der Waals surface area contributed by atoms with Crippen LogP contribution in [0.1, 0.15) is 32.1 Å². The van der Waals surface area contributed by atoms with E-state index in [2.05, 4.69) is 9.05 Å². The Morgan fingerprint density at radius 3 is 2.32 bits per heavy atom. The standard InChI is InChI=1S/C13H26NO10P/c14-7-11(6-13(18)19)24-25(20,21)23-9-10(15)8-22-5-3-1-2-4-12(16)17/h10-11,15H,1-9,14H2,(H,16,17)(H,18,19)(H,20,21)/t10-,11+/m1/s1. The van der Waals surface area contributed by atoms with Crippen LogP contribution < -0.4 is 5.73 Å². The highest BCUT2D eigenvalue weighted by molar-refractivity contribution is 7.47. The molecule has 11 nitrogen and oxygen atoms in total. The van der Waals surface area contributed by atoms with Gasteiger partial charge in [0.25, 0.3) is 0 Å². The van der Waals surface area contributed by atoms with E-state index in [0.717, 1.165) is 0 Å². The Hall–Kier alpha value is -1.07. The van der Waals surface area contributed by atoms with Crippen molar-refractivity contribution in [2.75, 3.05) is 26.4 Å². The number of rotatable bonds is 16. The smallest absolute Gasteiger partial charge is 0.472 e. The molecule has 0 aliphatic carbocycles. The van der Waals surface area contributed by atoms with Crippen LogP contribution in [0.2, 0.25) is 0 Å². The Balaban J connectivity index is 3.87. The number of carboxylic acid groups (broad SMARTS) is 2. The zero-order chi connectivity index (χ0) is 19.3. The lowest BCUT2D eigenvalue weighted by molar-refractivity contribution is -0.139. The first kappa shape index (κ1) is 23.9. The molecule has 0 saturated carbocycles. The van der Waals surface area contributed by atoms with Gasteiger partial charge in [0.2, 0.25) is 0 Å². The number of hydrogen-bond acceptors (Lipinski definition) is 8. The average Bonchev–Trinajstić information content (AvgIpc) is 2.50. The van der Waals surface area contributed by atoms with Gasteiger partial charge >= 0.3 is 19.8 Å². The van der Waals surface area contributed by atoms with E-state index in [0.29, 0.717) is 25.9 Å². The van der Waals surface area contributed by atoms with E-state index in [-0.39, 0.29) is 19.6 Å². The molecule has 0 rings (SSSR count). The van der Waals surface area contributed by atoms with Gasteiger partial charge in [0.1, 0.15) is 6.10 Å². The van der Waals surface area contributed by atoms with Crippen molar-refractivity contribution in [2.24, 2.45) is 5.73 Å². The van der Waals surface area contributed by atoms with Gasteiger partial charge in [0, 0.05) is 19.6 Å². The first-order chi connectivity index (χ1) is 11.7. The van der Waals surface area contributed by atoms with Crippen LogP contribution in [0.5, 0.6) is 0 Å². The monoisotopic (exact) mass is 387 g/mol. The Morgan fingerprint density at radius 1 is 1.08 bits per heavy atom. The number of hydrogen-bond donors (Lipinski definition) is 5. The summed E-state index contributed by atoms with van der Waals surface area (Å²) in [4.78, 5) is 30.3. The first-order valence-electron chi connectivity index (χ1n) is 7.71. The third kappa shape index (κ3) is 14.9. The number of phosphoric acid groups is 1. The van der Waals surface area contributed by atoms with Crippen LogP contribution >= 0.6 is 7.82 Å². The summed E-state index contributed by atoms with van der Waals surface area (Å²) in [7, 11) is -4.55. The summed E-state index contributed by atoms with van der Waals surface area (Å²) in [5.74, 6) is -2.10. The fraction of sp³-hybridized carbons (Fsp3) is 0.846. The molecule has 0 aromatic rings.